The van der Waals surface area contributed by atoms with Gasteiger partial charge in [0.2, 0.25) is 0 Å². The van der Waals surface area contributed by atoms with E-state index in [0.717, 1.165) is 17.7 Å². The molecular weight excluding hydrogens is 394 g/mol. The molecule has 7 nitrogen and oxygen atoms in total. The molecule has 0 fully saturated rings. The molecule has 31 heavy (non-hydrogen) atoms. The van der Waals surface area contributed by atoms with Crippen LogP contribution in [0.3, 0.4) is 0 Å². The van der Waals surface area contributed by atoms with Gasteiger partial charge in [-0.15, -0.1) is 0 Å². The molecule has 1 amide bonds. The molecule has 3 aromatic rings. The first-order valence-electron chi connectivity index (χ1n) is 10.4. The van der Waals surface area contributed by atoms with Crippen molar-refractivity contribution in [2.24, 2.45) is 0 Å². The molecule has 2 aromatic carbocycles. The quantitative estimate of drug-likeness (QED) is 0.607. The van der Waals surface area contributed by atoms with Crippen molar-refractivity contribution in [3.63, 3.8) is 0 Å². The van der Waals surface area contributed by atoms with E-state index in [2.05, 4.69) is 4.98 Å². The molecule has 0 radical (unpaired) electrons. The molecule has 1 aliphatic heterocycles. The number of ether oxygens (including phenoxy) is 1. The fourth-order valence-corrected chi connectivity index (χ4v) is 4.19. The van der Waals surface area contributed by atoms with Crippen molar-refractivity contribution in [3.8, 4) is 0 Å². The highest BCUT2D eigenvalue weighted by atomic mass is 16.5. The lowest BCUT2D eigenvalue weighted by atomic mass is 10.1. The summed E-state index contributed by atoms with van der Waals surface area (Å²) in [4.78, 5) is 44.1. The third-order valence-electron chi connectivity index (χ3n) is 5.74. The maximum atomic E-state index is 13.1. The van der Waals surface area contributed by atoms with Crippen LogP contribution in [0.2, 0.25) is 0 Å². The first kappa shape index (κ1) is 20.8. The summed E-state index contributed by atoms with van der Waals surface area (Å²) < 4.78 is 7.12. The van der Waals surface area contributed by atoms with Crippen molar-refractivity contribution in [1.29, 1.82) is 0 Å². The topological polar surface area (TPSA) is 81.5 Å². The number of nitrogens with zero attached hydrogens (tertiary/aromatic N) is 3. The molecule has 2 atom stereocenters. The standard InChI is InChI=1S/C24H25N3O4/c1-5-26-21-11-10-18(13-19(21)25-15(3)22(26)28)24(30)31-16(4)23(29)27-14(2)12-17-8-6-7-9-20(17)27/h6-11,13-14,16H,5,12H2,1-4H3/t14-,16+/m0/s1. The summed E-state index contributed by atoms with van der Waals surface area (Å²) in [5.41, 5.74) is 3.67. The van der Waals surface area contributed by atoms with Gasteiger partial charge in [0.05, 0.1) is 16.6 Å². The molecule has 0 saturated carbocycles. The van der Waals surface area contributed by atoms with Gasteiger partial charge in [0.1, 0.15) is 5.69 Å². The summed E-state index contributed by atoms with van der Waals surface area (Å²) in [6.45, 7) is 7.61. The van der Waals surface area contributed by atoms with E-state index in [1.165, 1.54) is 0 Å². The zero-order valence-electron chi connectivity index (χ0n) is 18.1. The van der Waals surface area contributed by atoms with Gasteiger partial charge >= 0.3 is 5.97 Å². The van der Waals surface area contributed by atoms with Crippen LogP contribution in [0, 0.1) is 6.92 Å². The van der Waals surface area contributed by atoms with E-state index in [4.69, 9.17) is 4.74 Å². The van der Waals surface area contributed by atoms with Crippen LogP contribution in [0.25, 0.3) is 11.0 Å². The average Bonchev–Trinajstić information content (AvgIpc) is 3.09. The molecule has 2 heterocycles. The lowest BCUT2D eigenvalue weighted by Gasteiger charge is -2.26. The Morgan fingerprint density at radius 3 is 2.71 bits per heavy atom. The zero-order chi connectivity index (χ0) is 22.3. The summed E-state index contributed by atoms with van der Waals surface area (Å²) in [6, 6.07) is 12.7. The molecule has 7 heteroatoms. The number of aryl methyl sites for hydroxylation is 2. The van der Waals surface area contributed by atoms with Crippen LogP contribution in [0.5, 0.6) is 0 Å². The normalized spacial score (nSPS) is 16.3. The summed E-state index contributed by atoms with van der Waals surface area (Å²) in [7, 11) is 0. The number of fused-ring (bicyclic) bond motifs is 2. The highest BCUT2D eigenvalue weighted by Crippen LogP contribution is 2.32. The van der Waals surface area contributed by atoms with Crippen LogP contribution in [-0.2, 0) is 22.5 Å². The first-order valence-corrected chi connectivity index (χ1v) is 10.4. The highest BCUT2D eigenvalue weighted by molar-refractivity contribution is 6.01. The number of rotatable bonds is 4. The molecule has 0 N–H and O–H groups in total. The van der Waals surface area contributed by atoms with Crippen LogP contribution in [-0.4, -0.2) is 33.6 Å². The SMILES string of the molecule is CCn1c(=O)c(C)nc2cc(C(=O)O[C@H](C)C(=O)N3c4ccccc4C[C@@H]3C)ccc21. The predicted molar refractivity (Wildman–Crippen MR) is 118 cm³/mol. The monoisotopic (exact) mass is 419 g/mol. The molecule has 1 aromatic heterocycles. The van der Waals surface area contributed by atoms with Crippen molar-refractivity contribution in [2.75, 3.05) is 4.90 Å². The second-order valence-electron chi connectivity index (χ2n) is 7.89. The second-order valence-corrected chi connectivity index (χ2v) is 7.89. The maximum Gasteiger partial charge on any atom is 0.338 e. The number of hydrogen-bond acceptors (Lipinski definition) is 5. The number of aromatic nitrogens is 2. The van der Waals surface area contributed by atoms with E-state index >= 15 is 0 Å². The summed E-state index contributed by atoms with van der Waals surface area (Å²) in [5.74, 6) is -0.850. The minimum Gasteiger partial charge on any atom is -0.449 e. The average molecular weight is 419 g/mol. The Labute approximate surface area is 180 Å². The molecule has 0 saturated heterocycles. The molecular formula is C24H25N3O4. The number of hydrogen-bond donors (Lipinski definition) is 0. The van der Waals surface area contributed by atoms with Crippen LogP contribution >= 0.6 is 0 Å². The molecule has 160 valence electrons. The van der Waals surface area contributed by atoms with Gasteiger partial charge in [0.15, 0.2) is 6.10 Å². The maximum absolute atomic E-state index is 13.1. The fraction of sp³-hybridized carbons (Fsp3) is 0.333. The van der Waals surface area contributed by atoms with E-state index < -0.39 is 12.1 Å². The summed E-state index contributed by atoms with van der Waals surface area (Å²) >= 11 is 0. The van der Waals surface area contributed by atoms with E-state index in [0.29, 0.717) is 23.3 Å². The molecule has 0 bridgehead atoms. The van der Waals surface area contributed by atoms with E-state index in [-0.39, 0.29) is 23.1 Å². The van der Waals surface area contributed by atoms with E-state index in [9.17, 15) is 14.4 Å². The number of carbonyl (C=O) groups excluding carboxylic acids is 2. The van der Waals surface area contributed by atoms with Crippen molar-refractivity contribution >= 4 is 28.6 Å². The molecule has 4 rings (SSSR count). The van der Waals surface area contributed by atoms with Gasteiger partial charge in [-0.2, -0.15) is 0 Å². The highest BCUT2D eigenvalue weighted by Gasteiger charge is 2.34. The van der Waals surface area contributed by atoms with Crippen molar-refractivity contribution < 1.29 is 14.3 Å². The third-order valence-corrected chi connectivity index (χ3v) is 5.74. The van der Waals surface area contributed by atoms with E-state index in [1.54, 1.807) is 41.5 Å². The summed E-state index contributed by atoms with van der Waals surface area (Å²) in [6.07, 6.45) is -0.159. The van der Waals surface area contributed by atoms with Crippen LogP contribution in [0.4, 0.5) is 5.69 Å². The Morgan fingerprint density at radius 2 is 1.97 bits per heavy atom. The first-order chi connectivity index (χ1) is 14.8. The molecule has 0 unspecified atom stereocenters. The van der Waals surface area contributed by atoms with Gasteiger partial charge in [-0.3, -0.25) is 9.59 Å². The number of benzene rings is 2. The number of anilines is 1. The third kappa shape index (κ3) is 3.60. The number of para-hydroxylation sites is 1. The smallest absolute Gasteiger partial charge is 0.338 e. The lowest BCUT2D eigenvalue weighted by molar-refractivity contribution is -0.126. The fourth-order valence-electron chi connectivity index (χ4n) is 4.19. The zero-order valence-corrected chi connectivity index (χ0v) is 18.1. The minimum absolute atomic E-state index is 0.00433. The van der Waals surface area contributed by atoms with Gasteiger partial charge in [-0.1, -0.05) is 18.2 Å². The van der Waals surface area contributed by atoms with Crippen LogP contribution < -0.4 is 10.5 Å². The van der Waals surface area contributed by atoms with Crippen molar-refractivity contribution in [3.05, 3.63) is 69.6 Å². The largest absolute Gasteiger partial charge is 0.449 e. The molecule has 0 spiro atoms. The number of carbonyl (C=O) groups is 2. The Hall–Kier alpha value is -3.48. The van der Waals surface area contributed by atoms with Crippen LogP contribution in [0.1, 0.15) is 42.4 Å². The minimum atomic E-state index is -0.934. The van der Waals surface area contributed by atoms with Crippen molar-refractivity contribution in [1.82, 2.24) is 9.55 Å². The Kier molecular flexibility index (Phi) is 5.35. The van der Waals surface area contributed by atoms with Gasteiger partial charge in [0, 0.05) is 18.3 Å². The Bertz CT molecular complexity index is 1250. The van der Waals surface area contributed by atoms with Gasteiger partial charge in [-0.05, 0) is 63.9 Å². The number of esters is 1. The van der Waals surface area contributed by atoms with Crippen molar-refractivity contribution in [2.45, 2.75) is 52.8 Å². The summed E-state index contributed by atoms with van der Waals surface area (Å²) in [5, 5.41) is 0. The van der Waals surface area contributed by atoms with Gasteiger partial charge in [-0.25, -0.2) is 9.78 Å². The molecule has 1 aliphatic rings. The Balaban J connectivity index is 1.57. The van der Waals surface area contributed by atoms with E-state index in [1.807, 2.05) is 38.1 Å². The Morgan fingerprint density at radius 1 is 1.23 bits per heavy atom. The van der Waals surface area contributed by atoms with Gasteiger partial charge < -0.3 is 14.2 Å². The molecule has 0 aliphatic carbocycles. The lowest BCUT2D eigenvalue weighted by Crippen LogP contribution is -2.43. The van der Waals surface area contributed by atoms with Gasteiger partial charge in [0.25, 0.3) is 11.5 Å². The predicted octanol–water partition coefficient (Wildman–Crippen LogP) is 3.25. The number of amides is 1. The van der Waals surface area contributed by atoms with Crippen LogP contribution in [0.15, 0.2) is 47.3 Å². The second kappa shape index (κ2) is 7.98.